The second-order valence-electron chi connectivity index (χ2n) is 5.89. The lowest BCUT2D eigenvalue weighted by Crippen LogP contribution is -2.60. The molecule has 0 radical (unpaired) electrons. The molecule has 1 aromatic rings. The van der Waals surface area contributed by atoms with Crippen LogP contribution in [0, 0.1) is 0 Å². The van der Waals surface area contributed by atoms with E-state index in [-0.39, 0.29) is 23.8 Å². The molecule has 2 heterocycles. The van der Waals surface area contributed by atoms with Crippen LogP contribution < -0.4 is 10.6 Å². The fraction of sp³-hybridized carbons (Fsp3) is 0.438. The molecule has 0 aliphatic carbocycles. The van der Waals surface area contributed by atoms with Gasteiger partial charge in [0.25, 0.3) is 5.91 Å². The largest absolute Gasteiger partial charge is 0.347 e. The average molecular weight is 336 g/mol. The number of amides is 3. The van der Waals surface area contributed by atoms with Crippen LogP contribution in [0.25, 0.3) is 0 Å². The molecular formula is C16H18ClN3O3. The van der Waals surface area contributed by atoms with Crippen molar-refractivity contribution in [3.8, 4) is 0 Å². The number of nitrogens with zero attached hydrogens (tertiary/aromatic N) is 1. The maximum absolute atomic E-state index is 12.3. The van der Waals surface area contributed by atoms with Gasteiger partial charge in [-0.15, -0.1) is 0 Å². The van der Waals surface area contributed by atoms with Crippen LogP contribution in [-0.4, -0.2) is 47.3 Å². The molecule has 23 heavy (non-hydrogen) atoms. The first-order chi connectivity index (χ1) is 11.0. The molecule has 3 amide bonds. The second-order valence-corrected chi connectivity index (χ2v) is 6.33. The predicted molar refractivity (Wildman–Crippen MR) is 85.0 cm³/mol. The maximum Gasteiger partial charge on any atom is 0.251 e. The minimum atomic E-state index is -0.485. The van der Waals surface area contributed by atoms with E-state index in [0.717, 1.165) is 0 Å². The number of fused-ring (bicyclic) bond motifs is 1. The van der Waals surface area contributed by atoms with Crippen molar-refractivity contribution in [1.82, 2.24) is 15.5 Å². The van der Waals surface area contributed by atoms with Crippen LogP contribution in [-0.2, 0) is 9.59 Å². The fourth-order valence-corrected chi connectivity index (χ4v) is 3.24. The first-order valence-corrected chi connectivity index (χ1v) is 8.04. The highest BCUT2D eigenvalue weighted by atomic mass is 35.5. The van der Waals surface area contributed by atoms with E-state index in [1.165, 1.54) is 0 Å². The van der Waals surface area contributed by atoms with Gasteiger partial charge >= 0.3 is 0 Å². The van der Waals surface area contributed by atoms with Gasteiger partial charge in [0.15, 0.2) is 0 Å². The summed E-state index contributed by atoms with van der Waals surface area (Å²) in [5.41, 5.74) is 0.501. The van der Waals surface area contributed by atoms with Crippen molar-refractivity contribution >= 4 is 29.3 Å². The molecule has 6 nitrogen and oxygen atoms in total. The van der Waals surface area contributed by atoms with Crippen LogP contribution in [0.2, 0.25) is 5.02 Å². The zero-order valence-electron chi connectivity index (χ0n) is 12.7. The number of hydrogen-bond acceptors (Lipinski definition) is 3. The lowest BCUT2D eigenvalue weighted by atomic mass is 10.1. The highest BCUT2D eigenvalue weighted by Crippen LogP contribution is 2.23. The molecule has 0 bridgehead atoms. The van der Waals surface area contributed by atoms with Gasteiger partial charge in [0, 0.05) is 23.2 Å². The van der Waals surface area contributed by atoms with E-state index in [0.29, 0.717) is 30.0 Å². The molecule has 1 aromatic carbocycles. The molecule has 122 valence electrons. The summed E-state index contributed by atoms with van der Waals surface area (Å²) in [6.45, 7) is 2.23. The second kappa shape index (κ2) is 6.20. The van der Waals surface area contributed by atoms with Crippen LogP contribution in [0.4, 0.5) is 0 Å². The quantitative estimate of drug-likeness (QED) is 0.863. The third kappa shape index (κ3) is 3.03. The first-order valence-electron chi connectivity index (χ1n) is 7.67. The Labute approximate surface area is 139 Å². The zero-order valence-corrected chi connectivity index (χ0v) is 13.5. The van der Waals surface area contributed by atoms with Gasteiger partial charge in [-0.3, -0.25) is 14.4 Å². The lowest BCUT2D eigenvalue weighted by Gasteiger charge is -2.33. The number of benzene rings is 1. The van der Waals surface area contributed by atoms with E-state index in [1.807, 2.05) is 6.92 Å². The van der Waals surface area contributed by atoms with Crippen molar-refractivity contribution in [2.75, 3.05) is 6.54 Å². The summed E-state index contributed by atoms with van der Waals surface area (Å²) in [6, 6.07) is 5.42. The zero-order chi connectivity index (χ0) is 16.6. The third-order valence-corrected chi connectivity index (χ3v) is 4.60. The summed E-state index contributed by atoms with van der Waals surface area (Å²) in [7, 11) is 0. The monoisotopic (exact) mass is 335 g/mol. The predicted octanol–water partition coefficient (Wildman–Crippen LogP) is 0.948. The SMILES string of the molecule is CC[C@@H]1NC(=O)[C@@H]2C[C@H](NC(=O)c3ccc(Cl)cc3)CN2C1=O. The van der Waals surface area contributed by atoms with Crippen molar-refractivity contribution < 1.29 is 14.4 Å². The van der Waals surface area contributed by atoms with Crippen LogP contribution in [0.15, 0.2) is 24.3 Å². The highest BCUT2D eigenvalue weighted by Gasteiger charge is 2.46. The van der Waals surface area contributed by atoms with E-state index in [2.05, 4.69) is 10.6 Å². The topological polar surface area (TPSA) is 78.5 Å². The molecule has 3 rings (SSSR count). The molecule has 7 heteroatoms. The molecular weight excluding hydrogens is 318 g/mol. The number of piperazine rings is 1. The van der Waals surface area contributed by atoms with Crippen LogP contribution in [0.5, 0.6) is 0 Å². The molecule has 0 saturated carbocycles. The summed E-state index contributed by atoms with van der Waals surface area (Å²) in [6.07, 6.45) is 1.00. The van der Waals surface area contributed by atoms with Crippen LogP contribution in [0.3, 0.4) is 0 Å². The molecule has 2 aliphatic rings. The Balaban J connectivity index is 1.67. The molecule has 2 N–H and O–H groups in total. The average Bonchev–Trinajstić information content (AvgIpc) is 2.96. The lowest BCUT2D eigenvalue weighted by molar-refractivity contribution is -0.147. The van der Waals surface area contributed by atoms with E-state index in [9.17, 15) is 14.4 Å². The Bertz CT molecular complexity index is 646. The highest BCUT2D eigenvalue weighted by molar-refractivity contribution is 6.30. The normalized spacial score (nSPS) is 26.7. The van der Waals surface area contributed by atoms with E-state index < -0.39 is 12.1 Å². The molecule has 2 aliphatic heterocycles. The van der Waals surface area contributed by atoms with Gasteiger partial charge in [0.2, 0.25) is 11.8 Å². The Morgan fingerprint density at radius 3 is 2.70 bits per heavy atom. The molecule has 3 atom stereocenters. The summed E-state index contributed by atoms with van der Waals surface area (Å²) in [5, 5.41) is 6.19. The molecule has 0 unspecified atom stereocenters. The van der Waals surface area contributed by atoms with Crippen molar-refractivity contribution in [3.63, 3.8) is 0 Å². The van der Waals surface area contributed by atoms with Crippen molar-refractivity contribution in [1.29, 1.82) is 0 Å². The van der Waals surface area contributed by atoms with Gasteiger partial charge < -0.3 is 15.5 Å². The number of rotatable bonds is 3. The van der Waals surface area contributed by atoms with Gasteiger partial charge in [0.05, 0.1) is 0 Å². The minimum Gasteiger partial charge on any atom is -0.347 e. The van der Waals surface area contributed by atoms with Crippen molar-refractivity contribution in [2.45, 2.75) is 37.9 Å². The van der Waals surface area contributed by atoms with E-state index in [1.54, 1.807) is 29.2 Å². The number of hydrogen-bond donors (Lipinski definition) is 2. The summed E-state index contributed by atoms with van der Waals surface area (Å²) in [4.78, 5) is 38.2. The van der Waals surface area contributed by atoms with Gasteiger partial charge in [-0.1, -0.05) is 18.5 Å². The summed E-state index contributed by atoms with van der Waals surface area (Å²) < 4.78 is 0. The third-order valence-electron chi connectivity index (χ3n) is 4.35. The Hall–Kier alpha value is -2.08. The summed E-state index contributed by atoms with van der Waals surface area (Å²) >= 11 is 5.81. The minimum absolute atomic E-state index is 0.0691. The van der Waals surface area contributed by atoms with Crippen molar-refractivity contribution in [2.24, 2.45) is 0 Å². The van der Waals surface area contributed by atoms with Gasteiger partial charge in [-0.05, 0) is 37.1 Å². The number of carbonyl (C=O) groups is 3. The van der Waals surface area contributed by atoms with Crippen LogP contribution in [0.1, 0.15) is 30.1 Å². The van der Waals surface area contributed by atoms with Gasteiger partial charge in [0.1, 0.15) is 12.1 Å². The number of carbonyl (C=O) groups excluding carboxylic acids is 3. The standard InChI is InChI=1S/C16H18ClN3O3/c1-2-12-16(23)20-8-11(7-13(20)15(22)19-12)18-14(21)9-3-5-10(17)6-4-9/h3-6,11-13H,2,7-8H2,1H3,(H,18,21)(H,19,22)/t11-,12-,13-/m0/s1. The Morgan fingerprint density at radius 1 is 1.35 bits per heavy atom. The Morgan fingerprint density at radius 2 is 2.04 bits per heavy atom. The Kier molecular flexibility index (Phi) is 4.26. The van der Waals surface area contributed by atoms with Gasteiger partial charge in [-0.2, -0.15) is 0 Å². The number of nitrogens with one attached hydrogen (secondary N) is 2. The molecule has 0 spiro atoms. The van der Waals surface area contributed by atoms with Crippen LogP contribution >= 0.6 is 11.6 Å². The molecule has 2 fully saturated rings. The maximum atomic E-state index is 12.3. The van der Waals surface area contributed by atoms with E-state index >= 15 is 0 Å². The number of halogens is 1. The fourth-order valence-electron chi connectivity index (χ4n) is 3.11. The first kappa shape index (κ1) is 15.8. The smallest absolute Gasteiger partial charge is 0.251 e. The molecule has 2 saturated heterocycles. The van der Waals surface area contributed by atoms with E-state index in [4.69, 9.17) is 11.6 Å². The van der Waals surface area contributed by atoms with Crippen molar-refractivity contribution in [3.05, 3.63) is 34.9 Å². The van der Waals surface area contributed by atoms with Gasteiger partial charge in [-0.25, -0.2) is 0 Å². The molecule has 0 aromatic heterocycles. The summed E-state index contributed by atoms with van der Waals surface area (Å²) in [5.74, 6) is -0.438.